The first kappa shape index (κ1) is 16.8. The van der Waals surface area contributed by atoms with Gasteiger partial charge in [-0.05, 0) is 30.9 Å². The quantitative estimate of drug-likeness (QED) is 0.809. The number of carbonyl (C=O) groups excluding carboxylic acids is 2. The summed E-state index contributed by atoms with van der Waals surface area (Å²) in [7, 11) is 0. The van der Waals surface area contributed by atoms with Crippen molar-refractivity contribution in [2.24, 2.45) is 5.92 Å². The van der Waals surface area contributed by atoms with Gasteiger partial charge in [0.25, 0.3) is 5.91 Å². The van der Waals surface area contributed by atoms with Crippen LogP contribution in [0.5, 0.6) is 0 Å². The summed E-state index contributed by atoms with van der Waals surface area (Å²) >= 11 is 5.93. The van der Waals surface area contributed by atoms with Gasteiger partial charge in [-0.1, -0.05) is 55.8 Å². The SMILES string of the molecule is O=C(CCCC1CCCCC1)NNC(=O)c1ccccc1Cl. The van der Waals surface area contributed by atoms with Crippen LogP contribution < -0.4 is 10.9 Å². The molecule has 0 unspecified atom stereocenters. The van der Waals surface area contributed by atoms with E-state index >= 15 is 0 Å². The third kappa shape index (κ3) is 5.34. The molecule has 1 aliphatic rings. The number of hydrogen-bond donors (Lipinski definition) is 2. The van der Waals surface area contributed by atoms with Crippen molar-refractivity contribution in [1.29, 1.82) is 0 Å². The van der Waals surface area contributed by atoms with Gasteiger partial charge in [-0.15, -0.1) is 0 Å². The van der Waals surface area contributed by atoms with Crippen LogP contribution in [0, 0.1) is 5.92 Å². The molecule has 1 fully saturated rings. The zero-order valence-corrected chi connectivity index (χ0v) is 13.5. The second-order valence-electron chi connectivity index (χ2n) is 5.88. The Kier molecular flexibility index (Phi) is 6.72. The van der Waals surface area contributed by atoms with Gasteiger partial charge >= 0.3 is 0 Å². The average Bonchev–Trinajstić information content (AvgIpc) is 2.54. The lowest BCUT2D eigenvalue weighted by atomic mass is 9.86. The fraction of sp³-hybridized carbons (Fsp3) is 0.529. The zero-order chi connectivity index (χ0) is 15.8. The topological polar surface area (TPSA) is 58.2 Å². The number of halogens is 1. The Balaban J connectivity index is 1.65. The first-order valence-electron chi connectivity index (χ1n) is 8.00. The monoisotopic (exact) mass is 322 g/mol. The molecule has 4 nitrogen and oxygen atoms in total. The third-order valence-electron chi connectivity index (χ3n) is 4.17. The van der Waals surface area contributed by atoms with Crippen molar-refractivity contribution in [3.05, 3.63) is 34.9 Å². The number of hydrazine groups is 1. The maximum atomic E-state index is 11.9. The highest BCUT2D eigenvalue weighted by Gasteiger charge is 2.14. The molecule has 22 heavy (non-hydrogen) atoms. The number of carbonyl (C=O) groups is 2. The maximum absolute atomic E-state index is 11.9. The van der Waals surface area contributed by atoms with Gasteiger partial charge < -0.3 is 0 Å². The van der Waals surface area contributed by atoms with Crippen LogP contribution in [0.1, 0.15) is 61.7 Å². The summed E-state index contributed by atoms with van der Waals surface area (Å²) in [5, 5.41) is 0.367. The summed E-state index contributed by atoms with van der Waals surface area (Å²) in [5.41, 5.74) is 5.21. The Morgan fingerprint density at radius 3 is 2.55 bits per heavy atom. The molecule has 1 saturated carbocycles. The Hall–Kier alpha value is -1.55. The average molecular weight is 323 g/mol. The largest absolute Gasteiger partial charge is 0.273 e. The highest BCUT2D eigenvalue weighted by molar-refractivity contribution is 6.33. The van der Waals surface area contributed by atoms with E-state index < -0.39 is 5.91 Å². The molecule has 1 aliphatic carbocycles. The predicted molar refractivity (Wildman–Crippen MR) is 87.5 cm³/mol. The lowest BCUT2D eigenvalue weighted by Gasteiger charge is -2.21. The fourth-order valence-electron chi connectivity index (χ4n) is 2.93. The van der Waals surface area contributed by atoms with Gasteiger partial charge in [0.15, 0.2) is 0 Å². The smallest absolute Gasteiger partial charge is 0.271 e. The first-order chi connectivity index (χ1) is 10.7. The van der Waals surface area contributed by atoms with E-state index in [1.807, 2.05) is 0 Å². The minimum atomic E-state index is -0.397. The van der Waals surface area contributed by atoms with E-state index in [0.717, 1.165) is 18.8 Å². The lowest BCUT2D eigenvalue weighted by Crippen LogP contribution is -2.41. The third-order valence-corrected chi connectivity index (χ3v) is 4.50. The molecule has 0 heterocycles. The molecular weight excluding hydrogens is 300 g/mol. The molecule has 2 amide bonds. The fourth-order valence-corrected chi connectivity index (χ4v) is 3.15. The van der Waals surface area contributed by atoms with Crippen molar-refractivity contribution >= 4 is 23.4 Å². The van der Waals surface area contributed by atoms with Crippen LogP contribution in [-0.2, 0) is 4.79 Å². The van der Waals surface area contributed by atoms with Crippen molar-refractivity contribution in [2.45, 2.75) is 51.4 Å². The molecule has 2 N–H and O–H groups in total. The molecule has 0 spiro atoms. The van der Waals surface area contributed by atoms with Gasteiger partial charge in [0.05, 0.1) is 10.6 Å². The van der Waals surface area contributed by atoms with Gasteiger partial charge in [-0.25, -0.2) is 0 Å². The summed E-state index contributed by atoms with van der Waals surface area (Å²) < 4.78 is 0. The van der Waals surface area contributed by atoms with E-state index in [-0.39, 0.29) is 5.91 Å². The minimum Gasteiger partial charge on any atom is -0.273 e. The Morgan fingerprint density at radius 2 is 1.82 bits per heavy atom. The summed E-state index contributed by atoms with van der Waals surface area (Å²) in [6.07, 6.45) is 9.01. The number of amides is 2. The molecule has 0 aliphatic heterocycles. The Labute approximate surface area is 136 Å². The number of hydrogen-bond acceptors (Lipinski definition) is 2. The maximum Gasteiger partial charge on any atom is 0.271 e. The molecule has 0 aromatic heterocycles. The van der Waals surface area contributed by atoms with Crippen LogP contribution in [0.3, 0.4) is 0 Å². The molecule has 0 saturated heterocycles. The number of nitrogens with one attached hydrogen (secondary N) is 2. The van der Waals surface area contributed by atoms with Crippen molar-refractivity contribution in [1.82, 2.24) is 10.9 Å². The van der Waals surface area contributed by atoms with E-state index in [1.54, 1.807) is 24.3 Å². The number of benzene rings is 1. The second-order valence-corrected chi connectivity index (χ2v) is 6.29. The summed E-state index contributed by atoms with van der Waals surface area (Å²) in [5.74, 6) is 0.224. The molecule has 5 heteroatoms. The first-order valence-corrected chi connectivity index (χ1v) is 8.38. The summed E-state index contributed by atoms with van der Waals surface area (Å²) in [6, 6.07) is 6.74. The molecule has 1 aromatic carbocycles. The van der Waals surface area contributed by atoms with Gasteiger partial charge in [-0.2, -0.15) is 0 Å². The standard InChI is InChI=1S/C17H23ClN2O2/c18-15-11-5-4-10-14(15)17(22)20-19-16(21)12-6-9-13-7-2-1-3-8-13/h4-5,10-11,13H,1-3,6-9,12H2,(H,19,21)(H,20,22). The van der Waals surface area contributed by atoms with Crippen LogP contribution in [0.15, 0.2) is 24.3 Å². The molecule has 1 aromatic rings. The van der Waals surface area contributed by atoms with Crippen LogP contribution in [-0.4, -0.2) is 11.8 Å². The van der Waals surface area contributed by atoms with Gasteiger partial charge in [-0.3, -0.25) is 20.4 Å². The van der Waals surface area contributed by atoms with Crippen LogP contribution in [0.4, 0.5) is 0 Å². The van der Waals surface area contributed by atoms with Crippen molar-refractivity contribution in [3.8, 4) is 0 Å². The molecule has 2 rings (SSSR count). The molecule has 0 atom stereocenters. The van der Waals surface area contributed by atoms with E-state index in [4.69, 9.17) is 11.6 Å². The predicted octanol–water partition coefficient (Wildman–Crippen LogP) is 3.85. The van der Waals surface area contributed by atoms with E-state index in [1.165, 1.54) is 32.1 Å². The highest BCUT2D eigenvalue weighted by Crippen LogP contribution is 2.27. The molecule has 0 radical (unpaired) electrons. The summed E-state index contributed by atoms with van der Waals surface area (Å²) in [4.78, 5) is 23.6. The van der Waals surface area contributed by atoms with Gasteiger partial charge in [0.2, 0.25) is 5.91 Å². The van der Waals surface area contributed by atoms with Gasteiger partial charge in [0.1, 0.15) is 0 Å². The van der Waals surface area contributed by atoms with Crippen LogP contribution in [0.25, 0.3) is 0 Å². The highest BCUT2D eigenvalue weighted by atomic mass is 35.5. The summed E-state index contributed by atoms with van der Waals surface area (Å²) in [6.45, 7) is 0. The molecular formula is C17H23ClN2O2. The van der Waals surface area contributed by atoms with E-state index in [0.29, 0.717) is 17.0 Å². The van der Waals surface area contributed by atoms with Crippen LogP contribution >= 0.6 is 11.6 Å². The van der Waals surface area contributed by atoms with E-state index in [2.05, 4.69) is 10.9 Å². The normalized spacial score (nSPS) is 15.3. The minimum absolute atomic E-state index is 0.156. The van der Waals surface area contributed by atoms with Crippen molar-refractivity contribution in [2.75, 3.05) is 0 Å². The second kappa shape index (κ2) is 8.79. The van der Waals surface area contributed by atoms with E-state index in [9.17, 15) is 9.59 Å². The Morgan fingerprint density at radius 1 is 1.09 bits per heavy atom. The Bertz CT molecular complexity index is 513. The zero-order valence-electron chi connectivity index (χ0n) is 12.7. The molecule has 0 bridgehead atoms. The molecule has 120 valence electrons. The van der Waals surface area contributed by atoms with Crippen molar-refractivity contribution < 1.29 is 9.59 Å². The van der Waals surface area contributed by atoms with Crippen LogP contribution in [0.2, 0.25) is 5.02 Å². The van der Waals surface area contributed by atoms with Gasteiger partial charge in [0, 0.05) is 6.42 Å². The van der Waals surface area contributed by atoms with Crippen molar-refractivity contribution in [3.63, 3.8) is 0 Å². The number of rotatable bonds is 5. The lowest BCUT2D eigenvalue weighted by molar-refractivity contribution is -0.122.